The second kappa shape index (κ2) is 10.2. The van der Waals surface area contributed by atoms with Crippen LogP contribution in [0.1, 0.15) is 41.4 Å². The molecule has 0 atom stereocenters. The molecule has 0 unspecified atom stereocenters. The zero-order chi connectivity index (χ0) is 27.8. The molecule has 0 fully saturated rings. The van der Waals surface area contributed by atoms with Gasteiger partial charge in [-0.25, -0.2) is 4.79 Å². The number of esters is 1. The maximum atomic E-state index is 13.9. The minimum Gasteiger partial charge on any atom is -0.449 e. The fraction of sp³-hybridized carbons (Fsp3) is 0.154. The van der Waals surface area contributed by atoms with E-state index < -0.39 is 39.6 Å². The Morgan fingerprint density at radius 1 is 1.08 bits per heavy atom. The first-order chi connectivity index (χ1) is 17.9. The number of hydrogen-bond acceptors (Lipinski definition) is 7. The Morgan fingerprint density at radius 3 is 2.42 bits per heavy atom. The van der Waals surface area contributed by atoms with Gasteiger partial charge in [-0.3, -0.25) is 14.9 Å². The van der Waals surface area contributed by atoms with Gasteiger partial charge in [0.15, 0.2) is 0 Å². The number of non-ortho nitro benzene ring substituents is 1. The molecule has 0 aliphatic carbocycles. The largest absolute Gasteiger partial charge is 0.453 e. The van der Waals surface area contributed by atoms with E-state index in [1.165, 1.54) is 12.1 Å². The number of halogens is 4. The summed E-state index contributed by atoms with van der Waals surface area (Å²) in [5, 5.41) is 10.3. The first kappa shape index (κ1) is 26.7. The van der Waals surface area contributed by atoms with Crippen LogP contribution in [0.15, 0.2) is 69.9 Å². The number of para-hydroxylation sites is 1. The van der Waals surface area contributed by atoms with Gasteiger partial charge in [0.25, 0.3) is 11.4 Å². The van der Waals surface area contributed by atoms with Gasteiger partial charge in [0.2, 0.25) is 11.2 Å². The highest BCUT2D eigenvalue weighted by molar-refractivity contribution is 6.33. The van der Waals surface area contributed by atoms with Crippen LogP contribution in [0, 0.1) is 10.1 Å². The maximum absolute atomic E-state index is 13.9. The highest BCUT2D eigenvalue weighted by Gasteiger charge is 2.40. The molecule has 4 rings (SSSR count). The van der Waals surface area contributed by atoms with Gasteiger partial charge in [0.1, 0.15) is 17.1 Å². The number of nitrogens with zero attached hydrogens (tertiary/aromatic N) is 1. The van der Waals surface area contributed by atoms with Crippen molar-refractivity contribution >= 4 is 34.2 Å². The molecule has 0 radical (unpaired) electrons. The molecule has 1 aromatic heterocycles. The lowest BCUT2D eigenvalue weighted by atomic mass is 10.0. The van der Waals surface area contributed by atoms with Crippen LogP contribution in [-0.2, 0) is 6.18 Å². The monoisotopic (exact) mass is 547 g/mol. The van der Waals surface area contributed by atoms with Gasteiger partial charge in [-0.2, -0.15) is 13.2 Å². The molecule has 0 N–H and O–H groups in total. The Hall–Kier alpha value is -4.38. The van der Waals surface area contributed by atoms with Crippen molar-refractivity contribution < 1.29 is 36.8 Å². The number of hydrogen-bond donors (Lipinski definition) is 0. The van der Waals surface area contributed by atoms with E-state index in [1.807, 2.05) is 13.8 Å². The first-order valence-corrected chi connectivity index (χ1v) is 11.4. The smallest absolute Gasteiger partial charge is 0.449 e. The number of nitro groups is 1. The Balaban J connectivity index is 1.75. The third-order valence-electron chi connectivity index (χ3n) is 5.43. The number of benzene rings is 3. The van der Waals surface area contributed by atoms with Crippen molar-refractivity contribution in [1.82, 2.24) is 0 Å². The van der Waals surface area contributed by atoms with Gasteiger partial charge in [-0.05, 0) is 35.7 Å². The summed E-state index contributed by atoms with van der Waals surface area (Å²) < 4.78 is 57.5. The van der Waals surface area contributed by atoms with Gasteiger partial charge in [0, 0.05) is 18.2 Å². The van der Waals surface area contributed by atoms with Crippen molar-refractivity contribution in [2.75, 3.05) is 0 Å². The molecule has 0 spiro atoms. The molecule has 12 heteroatoms. The van der Waals surface area contributed by atoms with Gasteiger partial charge in [0.05, 0.1) is 20.9 Å². The lowest BCUT2D eigenvalue weighted by molar-refractivity contribution is -0.384. The van der Waals surface area contributed by atoms with Gasteiger partial charge in [-0.15, -0.1) is 0 Å². The second-order valence-corrected chi connectivity index (χ2v) is 8.76. The van der Waals surface area contributed by atoms with Crippen LogP contribution in [0.3, 0.4) is 0 Å². The minimum absolute atomic E-state index is 0.0742. The summed E-state index contributed by atoms with van der Waals surface area (Å²) in [5.74, 6) is -4.00. The van der Waals surface area contributed by atoms with E-state index >= 15 is 0 Å². The van der Waals surface area contributed by atoms with Crippen molar-refractivity contribution in [3.05, 3.63) is 103 Å². The predicted molar refractivity (Wildman–Crippen MR) is 131 cm³/mol. The molecule has 8 nitrogen and oxygen atoms in total. The van der Waals surface area contributed by atoms with Crippen LogP contribution in [0.2, 0.25) is 5.02 Å². The number of nitro benzene ring substituents is 1. The highest BCUT2D eigenvalue weighted by atomic mass is 35.5. The summed E-state index contributed by atoms with van der Waals surface area (Å²) in [5.41, 5.74) is -1.57. The number of alkyl halides is 3. The molecule has 3 aromatic carbocycles. The van der Waals surface area contributed by atoms with Crippen molar-refractivity contribution in [1.29, 1.82) is 0 Å². The van der Waals surface area contributed by atoms with E-state index in [1.54, 1.807) is 18.2 Å². The van der Waals surface area contributed by atoms with Crippen molar-refractivity contribution in [2.24, 2.45) is 0 Å². The standard InChI is InChI=1S/C26H17ClF3NO7/c1-13(2)16-5-3-4-6-20(16)37-23-22(32)18-10-8-15(12-21(18)38-24(23)26(28,29)30)36-25(33)17-9-7-14(31(34)35)11-19(17)27/h3-13H,1-2H3. The third kappa shape index (κ3) is 5.32. The van der Waals surface area contributed by atoms with E-state index in [-0.39, 0.29) is 39.1 Å². The normalized spacial score (nSPS) is 11.6. The van der Waals surface area contributed by atoms with E-state index in [0.717, 1.165) is 30.3 Å². The third-order valence-corrected chi connectivity index (χ3v) is 5.74. The Morgan fingerprint density at radius 2 is 1.79 bits per heavy atom. The number of fused-ring (bicyclic) bond motifs is 1. The number of ether oxygens (including phenoxy) is 2. The zero-order valence-electron chi connectivity index (χ0n) is 19.7. The Bertz CT molecular complexity index is 1630. The summed E-state index contributed by atoms with van der Waals surface area (Å²) in [6.07, 6.45) is -5.09. The molecule has 1 heterocycles. The maximum Gasteiger partial charge on any atom is 0.453 e. The first-order valence-electron chi connectivity index (χ1n) is 11.0. The summed E-state index contributed by atoms with van der Waals surface area (Å²) in [4.78, 5) is 35.8. The lowest BCUT2D eigenvalue weighted by Gasteiger charge is -2.16. The van der Waals surface area contributed by atoms with E-state index in [4.69, 9.17) is 25.5 Å². The summed E-state index contributed by atoms with van der Waals surface area (Å²) in [6, 6.07) is 12.7. The van der Waals surface area contributed by atoms with Crippen LogP contribution in [-0.4, -0.2) is 10.9 Å². The molecular formula is C26H17ClF3NO7. The fourth-order valence-corrected chi connectivity index (χ4v) is 3.86. The SMILES string of the molecule is CC(C)c1ccccc1Oc1c(C(F)(F)F)oc2cc(OC(=O)c3ccc([N+](=O)[O-])cc3Cl)ccc2c1=O. The summed E-state index contributed by atoms with van der Waals surface area (Å²) in [7, 11) is 0. The average Bonchev–Trinajstić information content (AvgIpc) is 2.84. The van der Waals surface area contributed by atoms with Crippen LogP contribution in [0.25, 0.3) is 11.0 Å². The topological polar surface area (TPSA) is 109 Å². The Labute approximate surface area is 217 Å². The predicted octanol–water partition coefficient (Wildman–Crippen LogP) is 7.51. The fourth-order valence-electron chi connectivity index (χ4n) is 3.60. The van der Waals surface area contributed by atoms with E-state index in [0.29, 0.717) is 5.56 Å². The second-order valence-electron chi connectivity index (χ2n) is 8.35. The van der Waals surface area contributed by atoms with Gasteiger partial charge in [-0.1, -0.05) is 43.6 Å². The van der Waals surface area contributed by atoms with Gasteiger partial charge < -0.3 is 13.9 Å². The number of rotatable bonds is 6. The molecule has 0 saturated heterocycles. The van der Waals surface area contributed by atoms with Crippen molar-refractivity contribution in [2.45, 2.75) is 25.9 Å². The molecule has 0 bridgehead atoms. The minimum atomic E-state index is -5.09. The van der Waals surface area contributed by atoms with Gasteiger partial charge >= 0.3 is 12.1 Å². The molecular weight excluding hydrogens is 531 g/mol. The van der Waals surface area contributed by atoms with E-state index in [9.17, 15) is 32.9 Å². The molecule has 38 heavy (non-hydrogen) atoms. The van der Waals surface area contributed by atoms with Crippen LogP contribution >= 0.6 is 11.6 Å². The van der Waals surface area contributed by atoms with E-state index in [2.05, 4.69) is 0 Å². The highest BCUT2D eigenvalue weighted by Crippen LogP contribution is 2.40. The number of carbonyl (C=O) groups excluding carboxylic acids is 1. The molecule has 0 aliphatic rings. The average molecular weight is 548 g/mol. The van der Waals surface area contributed by atoms with Crippen LogP contribution < -0.4 is 14.9 Å². The molecule has 0 saturated carbocycles. The quantitative estimate of drug-likeness (QED) is 0.106. The Kier molecular flexibility index (Phi) is 7.14. The van der Waals surface area contributed by atoms with Crippen molar-refractivity contribution in [3.8, 4) is 17.2 Å². The molecule has 0 amide bonds. The van der Waals surface area contributed by atoms with Crippen LogP contribution in [0.5, 0.6) is 17.2 Å². The zero-order valence-corrected chi connectivity index (χ0v) is 20.4. The molecule has 4 aromatic rings. The summed E-state index contributed by atoms with van der Waals surface area (Å²) >= 11 is 5.93. The van der Waals surface area contributed by atoms with Crippen LogP contribution in [0.4, 0.5) is 18.9 Å². The number of carbonyl (C=O) groups is 1. The molecule has 196 valence electrons. The summed E-state index contributed by atoms with van der Waals surface area (Å²) in [6.45, 7) is 3.64. The van der Waals surface area contributed by atoms with Crippen molar-refractivity contribution in [3.63, 3.8) is 0 Å². The lowest BCUT2D eigenvalue weighted by Crippen LogP contribution is -2.16. The molecule has 0 aliphatic heterocycles.